The van der Waals surface area contributed by atoms with Gasteiger partial charge in [-0.15, -0.1) is 0 Å². The van der Waals surface area contributed by atoms with Crippen LogP contribution in [0.15, 0.2) is 28.7 Å². The number of benzene rings is 1. The van der Waals surface area contributed by atoms with Crippen molar-refractivity contribution in [2.45, 2.75) is 45.6 Å². The normalized spacial score (nSPS) is 13.1. The fourth-order valence-electron chi connectivity index (χ4n) is 2.12. The molecule has 1 heterocycles. The molecule has 0 fully saturated rings. The van der Waals surface area contributed by atoms with Gasteiger partial charge < -0.3 is 10.2 Å². The van der Waals surface area contributed by atoms with E-state index < -0.39 is 0 Å². The number of aryl methyl sites for hydroxylation is 1. The molecule has 2 aromatic rings. The maximum Gasteiger partial charge on any atom is 0.134 e. The lowest BCUT2D eigenvalue weighted by Crippen LogP contribution is -2.08. The van der Waals surface area contributed by atoms with E-state index in [4.69, 9.17) is 10.2 Å². The molecule has 0 aliphatic carbocycles. The van der Waals surface area contributed by atoms with Gasteiger partial charge in [0.25, 0.3) is 0 Å². The van der Waals surface area contributed by atoms with Gasteiger partial charge in [0, 0.05) is 5.39 Å². The van der Waals surface area contributed by atoms with Crippen LogP contribution in [0.25, 0.3) is 11.0 Å². The van der Waals surface area contributed by atoms with Crippen molar-refractivity contribution >= 4 is 11.0 Å². The highest BCUT2D eigenvalue weighted by molar-refractivity contribution is 5.78. The molecule has 0 saturated carbocycles. The molecule has 0 amide bonds. The number of hydrogen-bond donors (Lipinski definition) is 1. The monoisotopic (exact) mass is 231 g/mol. The van der Waals surface area contributed by atoms with Gasteiger partial charge in [0.15, 0.2) is 0 Å². The van der Waals surface area contributed by atoms with Crippen LogP contribution in [0.5, 0.6) is 0 Å². The van der Waals surface area contributed by atoms with Crippen molar-refractivity contribution in [3.05, 3.63) is 35.6 Å². The minimum atomic E-state index is 0.0363. The zero-order chi connectivity index (χ0) is 12.3. The first-order valence-electron chi connectivity index (χ1n) is 6.46. The Morgan fingerprint density at radius 3 is 2.82 bits per heavy atom. The Labute approximate surface area is 103 Å². The lowest BCUT2D eigenvalue weighted by Gasteiger charge is -2.07. The van der Waals surface area contributed by atoms with Crippen molar-refractivity contribution in [2.75, 3.05) is 0 Å². The van der Waals surface area contributed by atoms with E-state index in [1.54, 1.807) is 0 Å². The Morgan fingerprint density at radius 2 is 2.06 bits per heavy atom. The number of fused-ring (bicyclic) bond motifs is 1. The summed E-state index contributed by atoms with van der Waals surface area (Å²) in [7, 11) is 0. The van der Waals surface area contributed by atoms with Crippen LogP contribution in [0.2, 0.25) is 0 Å². The molecule has 1 aromatic carbocycles. The molecule has 2 nitrogen and oxygen atoms in total. The van der Waals surface area contributed by atoms with Gasteiger partial charge in [-0.05, 0) is 31.5 Å². The van der Waals surface area contributed by atoms with E-state index in [0.717, 1.165) is 23.2 Å². The molecule has 0 bridgehead atoms. The van der Waals surface area contributed by atoms with Crippen LogP contribution in [-0.4, -0.2) is 0 Å². The molecule has 92 valence electrons. The second-order valence-corrected chi connectivity index (χ2v) is 4.79. The van der Waals surface area contributed by atoms with Crippen molar-refractivity contribution in [2.24, 2.45) is 5.73 Å². The maximum absolute atomic E-state index is 6.14. The predicted molar refractivity (Wildman–Crippen MR) is 72.0 cm³/mol. The fourth-order valence-corrected chi connectivity index (χ4v) is 2.12. The van der Waals surface area contributed by atoms with Gasteiger partial charge in [-0.2, -0.15) is 0 Å². The predicted octanol–water partition coefficient (Wildman–Crippen LogP) is 4.32. The van der Waals surface area contributed by atoms with Crippen molar-refractivity contribution in [3.8, 4) is 0 Å². The van der Waals surface area contributed by atoms with Crippen LogP contribution in [0.4, 0.5) is 0 Å². The van der Waals surface area contributed by atoms with Crippen molar-refractivity contribution in [3.63, 3.8) is 0 Å². The minimum absolute atomic E-state index is 0.0363. The molecule has 1 atom stereocenters. The second-order valence-electron chi connectivity index (χ2n) is 4.79. The zero-order valence-corrected chi connectivity index (χ0v) is 10.7. The summed E-state index contributed by atoms with van der Waals surface area (Å²) in [5.41, 5.74) is 8.34. The molecule has 17 heavy (non-hydrogen) atoms. The number of hydrogen-bond acceptors (Lipinski definition) is 2. The van der Waals surface area contributed by atoms with E-state index in [0.29, 0.717) is 0 Å². The number of nitrogens with two attached hydrogens (primary N) is 1. The van der Waals surface area contributed by atoms with Crippen LogP contribution < -0.4 is 5.73 Å². The number of rotatable bonds is 5. The molecule has 2 heteroatoms. The van der Waals surface area contributed by atoms with Crippen LogP contribution in [0.1, 0.15) is 50.0 Å². The largest absolute Gasteiger partial charge is 0.459 e. The molecule has 1 unspecified atom stereocenters. The fraction of sp³-hybridized carbons (Fsp3) is 0.467. The molecule has 0 saturated heterocycles. The molecule has 2 N–H and O–H groups in total. The smallest absolute Gasteiger partial charge is 0.134 e. The van der Waals surface area contributed by atoms with E-state index in [9.17, 15) is 0 Å². The first kappa shape index (κ1) is 12.2. The third-order valence-electron chi connectivity index (χ3n) is 3.17. The Kier molecular flexibility index (Phi) is 3.85. The van der Waals surface area contributed by atoms with Gasteiger partial charge in [-0.3, -0.25) is 0 Å². The highest BCUT2D eigenvalue weighted by Crippen LogP contribution is 2.26. The molecule has 0 radical (unpaired) electrons. The molecule has 2 rings (SSSR count). The Morgan fingerprint density at radius 1 is 1.24 bits per heavy atom. The second kappa shape index (κ2) is 5.37. The average Bonchev–Trinajstić information content (AvgIpc) is 2.72. The highest BCUT2D eigenvalue weighted by Gasteiger charge is 2.11. The molecule has 1 aromatic heterocycles. The lowest BCUT2D eigenvalue weighted by atomic mass is 10.1. The van der Waals surface area contributed by atoms with Crippen LogP contribution >= 0.6 is 0 Å². The minimum Gasteiger partial charge on any atom is -0.459 e. The Balaban J connectivity index is 2.12. The van der Waals surface area contributed by atoms with Gasteiger partial charge in [-0.25, -0.2) is 0 Å². The number of furan rings is 1. The standard InChI is InChI=1S/C15H21NO/c1-3-4-5-6-13(16)15-10-12-9-11(2)7-8-14(12)17-15/h7-10,13H,3-6,16H2,1-2H3. The molecular formula is C15H21NO. The Hall–Kier alpha value is -1.28. The zero-order valence-electron chi connectivity index (χ0n) is 10.7. The van der Waals surface area contributed by atoms with Crippen molar-refractivity contribution < 1.29 is 4.42 Å². The molecule has 0 spiro atoms. The average molecular weight is 231 g/mol. The summed E-state index contributed by atoms with van der Waals surface area (Å²) in [4.78, 5) is 0. The summed E-state index contributed by atoms with van der Waals surface area (Å²) in [6, 6.07) is 8.35. The van der Waals surface area contributed by atoms with E-state index >= 15 is 0 Å². The van der Waals surface area contributed by atoms with Gasteiger partial charge in [0.05, 0.1) is 6.04 Å². The maximum atomic E-state index is 6.14. The van der Waals surface area contributed by atoms with Gasteiger partial charge in [-0.1, -0.05) is 37.8 Å². The summed E-state index contributed by atoms with van der Waals surface area (Å²) in [6.45, 7) is 4.29. The van der Waals surface area contributed by atoms with Gasteiger partial charge in [0.2, 0.25) is 0 Å². The van der Waals surface area contributed by atoms with Crippen LogP contribution in [0, 0.1) is 6.92 Å². The quantitative estimate of drug-likeness (QED) is 0.778. The van der Waals surface area contributed by atoms with E-state index in [1.165, 1.54) is 24.8 Å². The third kappa shape index (κ3) is 2.89. The molecule has 0 aliphatic rings. The molecular weight excluding hydrogens is 210 g/mol. The SMILES string of the molecule is CCCCCC(N)c1cc2cc(C)ccc2o1. The Bertz CT molecular complexity index is 487. The summed E-state index contributed by atoms with van der Waals surface area (Å²) in [5, 5.41) is 1.16. The summed E-state index contributed by atoms with van der Waals surface area (Å²) < 4.78 is 5.79. The summed E-state index contributed by atoms with van der Waals surface area (Å²) in [5.74, 6) is 0.918. The van der Waals surface area contributed by atoms with E-state index in [1.807, 2.05) is 6.07 Å². The first-order chi connectivity index (χ1) is 8.20. The third-order valence-corrected chi connectivity index (χ3v) is 3.17. The van der Waals surface area contributed by atoms with Gasteiger partial charge in [0.1, 0.15) is 11.3 Å². The van der Waals surface area contributed by atoms with E-state index in [2.05, 4.69) is 32.0 Å². The molecule has 0 aliphatic heterocycles. The van der Waals surface area contributed by atoms with E-state index in [-0.39, 0.29) is 6.04 Å². The highest BCUT2D eigenvalue weighted by atomic mass is 16.3. The summed E-state index contributed by atoms with van der Waals surface area (Å²) in [6.07, 6.45) is 4.65. The van der Waals surface area contributed by atoms with Crippen molar-refractivity contribution in [1.82, 2.24) is 0 Å². The first-order valence-corrected chi connectivity index (χ1v) is 6.46. The lowest BCUT2D eigenvalue weighted by molar-refractivity contribution is 0.464. The van der Waals surface area contributed by atoms with Crippen molar-refractivity contribution in [1.29, 1.82) is 0 Å². The van der Waals surface area contributed by atoms with Crippen LogP contribution in [0.3, 0.4) is 0 Å². The topological polar surface area (TPSA) is 39.2 Å². The van der Waals surface area contributed by atoms with Crippen LogP contribution in [-0.2, 0) is 0 Å². The summed E-state index contributed by atoms with van der Waals surface area (Å²) >= 11 is 0. The number of unbranched alkanes of at least 4 members (excludes halogenated alkanes) is 2. The van der Waals surface area contributed by atoms with Gasteiger partial charge >= 0.3 is 0 Å².